The van der Waals surface area contributed by atoms with E-state index >= 15 is 0 Å². The lowest BCUT2D eigenvalue weighted by atomic mass is 9.74. The van der Waals surface area contributed by atoms with Crippen LogP contribution in [-0.4, -0.2) is 40.4 Å². The fraction of sp³-hybridized carbons (Fsp3) is 0.400. The number of amides is 2. The zero-order chi connectivity index (χ0) is 24.1. The van der Waals surface area contributed by atoms with E-state index in [1.165, 1.54) is 6.92 Å². The minimum Gasteiger partial charge on any atom is -0.481 e. The molecule has 1 aliphatic heterocycles. The minimum absolute atomic E-state index is 0.182. The smallest absolute Gasteiger partial charge is 0.304 e. The maximum atomic E-state index is 13.7. The van der Waals surface area contributed by atoms with E-state index in [1.54, 1.807) is 23.1 Å². The molecule has 1 heterocycles. The number of nitrogens with zero attached hydrogens (tertiary/aromatic N) is 1. The molecule has 2 aromatic rings. The van der Waals surface area contributed by atoms with Gasteiger partial charge in [0.2, 0.25) is 11.8 Å². The molecule has 2 aromatic carbocycles. The molecule has 1 aliphatic rings. The van der Waals surface area contributed by atoms with Crippen LogP contribution >= 0.6 is 23.2 Å². The first-order chi connectivity index (χ1) is 15.7. The summed E-state index contributed by atoms with van der Waals surface area (Å²) in [6.45, 7) is 3.67. The summed E-state index contributed by atoms with van der Waals surface area (Å²) in [7, 11) is 0. The third-order valence-corrected chi connectivity index (χ3v) is 6.67. The highest BCUT2D eigenvalue weighted by Crippen LogP contribution is 2.47. The van der Waals surface area contributed by atoms with Crippen molar-refractivity contribution in [1.29, 1.82) is 0 Å². The minimum atomic E-state index is -1.02. The number of halogens is 2. The predicted molar refractivity (Wildman–Crippen MR) is 128 cm³/mol. The highest BCUT2D eigenvalue weighted by molar-refractivity contribution is 6.30. The van der Waals surface area contributed by atoms with Crippen LogP contribution in [0.2, 0.25) is 10.0 Å². The molecule has 3 rings (SSSR count). The van der Waals surface area contributed by atoms with Gasteiger partial charge in [0, 0.05) is 41.4 Å². The van der Waals surface area contributed by atoms with Crippen molar-refractivity contribution in [3.8, 4) is 0 Å². The first-order valence-electron chi connectivity index (χ1n) is 11.0. The van der Waals surface area contributed by atoms with Crippen molar-refractivity contribution in [2.75, 3.05) is 6.54 Å². The second-order valence-corrected chi connectivity index (χ2v) is 9.31. The average molecular weight is 491 g/mol. The number of hydrogen-bond donors (Lipinski definition) is 2. The van der Waals surface area contributed by atoms with Gasteiger partial charge in [0.25, 0.3) is 0 Å². The fourth-order valence-electron chi connectivity index (χ4n) is 4.68. The van der Waals surface area contributed by atoms with Crippen LogP contribution in [0.5, 0.6) is 0 Å². The lowest BCUT2D eigenvalue weighted by molar-refractivity contribution is -0.152. The van der Waals surface area contributed by atoms with E-state index < -0.39 is 11.9 Å². The summed E-state index contributed by atoms with van der Waals surface area (Å²) in [5.74, 6) is -2.28. The Morgan fingerprint density at radius 1 is 1.12 bits per heavy atom. The van der Waals surface area contributed by atoms with Crippen molar-refractivity contribution in [2.45, 2.75) is 51.1 Å². The lowest BCUT2D eigenvalue weighted by Crippen LogP contribution is -2.54. The number of piperidine rings is 1. The molecular weight excluding hydrogens is 463 g/mol. The summed E-state index contributed by atoms with van der Waals surface area (Å²) in [6.07, 6.45) is 0.723. The molecule has 8 heteroatoms. The van der Waals surface area contributed by atoms with E-state index in [0.29, 0.717) is 22.9 Å². The van der Waals surface area contributed by atoms with E-state index in [2.05, 4.69) is 5.32 Å². The van der Waals surface area contributed by atoms with Crippen LogP contribution in [0, 0.1) is 5.92 Å². The largest absolute Gasteiger partial charge is 0.481 e. The molecule has 0 radical (unpaired) electrons. The monoisotopic (exact) mass is 490 g/mol. The zero-order valence-electron chi connectivity index (χ0n) is 18.6. The maximum absolute atomic E-state index is 13.7. The fourth-order valence-corrected chi connectivity index (χ4v) is 5.00. The molecule has 0 saturated carbocycles. The molecule has 2 N–H and O–H groups in total. The molecule has 33 heavy (non-hydrogen) atoms. The molecule has 2 amide bonds. The standard InChI is InChI=1S/C25H28Cl2N2O4/c1-3-21(14-28-15(2)30)29-24(16-7-9-19(26)10-8-16)22(17-5-4-6-20(27)11-17)12-18(25(29)33)13-23(31)32/h4-11,18,21-22,24H,3,12-14H2,1-2H3,(H,28,30)(H,31,32)/t18?,21?,22-,24-/m1/s1. The number of nitrogens with one attached hydrogen (secondary N) is 1. The first-order valence-corrected chi connectivity index (χ1v) is 11.8. The van der Waals surface area contributed by atoms with Gasteiger partial charge in [0.1, 0.15) is 0 Å². The first kappa shape index (κ1) is 25.1. The summed E-state index contributed by atoms with van der Waals surface area (Å²) in [4.78, 5) is 38.7. The summed E-state index contributed by atoms with van der Waals surface area (Å²) >= 11 is 12.4. The van der Waals surface area contributed by atoms with Crippen molar-refractivity contribution in [1.82, 2.24) is 10.2 Å². The molecule has 0 bridgehead atoms. The van der Waals surface area contributed by atoms with Gasteiger partial charge in [0.15, 0.2) is 0 Å². The van der Waals surface area contributed by atoms with Gasteiger partial charge in [-0.1, -0.05) is 54.4 Å². The summed E-state index contributed by atoms with van der Waals surface area (Å²) < 4.78 is 0. The number of benzene rings is 2. The topological polar surface area (TPSA) is 86.7 Å². The molecule has 176 valence electrons. The van der Waals surface area contributed by atoms with Crippen molar-refractivity contribution in [3.05, 3.63) is 69.7 Å². The van der Waals surface area contributed by atoms with Crippen LogP contribution in [0.3, 0.4) is 0 Å². The Morgan fingerprint density at radius 2 is 1.82 bits per heavy atom. The number of likely N-dealkylation sites (tertiary alicyclic amines) is 1. The van der Waals surface area contributed by atoms with Gasteiger partial charge < -0.3 is 15.3 Å². The summed E-state index contributed by atoms with van der Waals surface area (Å²) in [5, 5.41) is 13.5. The number of carbonyl (C=O) groups excluding carboxylic acids is 2. The Labute approximate surface area is 203 Å². The molecule has 2 unspecified atom stereocenters. The van der Waals surface area contributed by atoms with Crippen LogP contribution in [-0.2, 0) is 14.4 Å². The summed E-state index contributed by atoms with van der Waals surface area (Å²) in [5.41, 5.74) is 1.83. The van der Waals surface area contributed by atoms with Crippen molar-refractivity contribution in [2.24, 2.45) is 5.92 Å². The third-order valence-electron chi connectivity index (χ3n) is 6.18. The van der Waals surface area contributed by atoms with E-state index in [9.17, 15) is 19.5 Å². The Kier molecular flexibility index (Phi) is 8.38. The van der Waals surface area contributed by atoms with E-state index in [-0.39, 0.29) is 42.8 Å². The molecule has 4 atom stereocenters. The van der Waals surface area contributed by atoms with E-state index in [1.807, 2.05) is 37.3 Å². The number of rotatable bonds is 8. The van der Waals surface area contributed by atoms with Crippen LogP contribution in [0.1, 0.15) is 56.2 Å². The number of carboxylic acid groups (broad SMARTS) is 1. The van der Waals surface area contributed by atoms with Gasteiger partial charge in [-0.3, -0.25) is 14.4 Å². The van der Waals surface area contributed by atoms with Crippen molar-refractivity contribution in [3.63, 3.8) is 0 Å². The Hall–Kier alpha value is -2.57. The van der Waals surface area contributed by atoms with Crippen LogP contribution in [0.15, 0.2) is 48.5 Å². The molecule has 0 aromatic heterocycles. The number of carbonyl (C=O) groups is 3. The predicted octanol–water partition coefficient (Wildman–Crippen LogP) is 5.06. The van der Waals surface area contributed by atoms with E-state index in [0.717, 1.165) is 11.1 Å². The van der Waals surface area contributed by atoms with Crippen LogP contribution in [0.4, 0.5) is 0 Å². The van der Waals surface area contributed by atoms with Gasteiger partial charge in [-0.05, 0) is 48.2 Å². The third kappa shape index (κ3) is 6.06. The molecule has 1 saturated heterocycles. The molecule has 6 nitrogen and oxygen atoms in total. The number of carboxylic acids is 1. The lowest BCUT2D eigenvalue weighted by Gasteiger charge is -2.48. The molecular formula is C25H28Cl2N2O4. The van der Waals surface area contributed by atoms with Gasteiger partial charge in [0.05, 0.1) is 12.5 Å². The highest BCUT2D eigenvalue weighted by Gasteiger charge is 2.46. The Morgan fingerprint density at radius 3 is 2.39 bits per heavy atom. The molecule has 1 fully saturated rings. The zero-order valence-corrected chi connectivity index (χ0v) is 20.1. The van der Waals surface area contributed by atoms with Crippen LogP contribution < -0.4 is 5.32 Å². The molecule has 0 aliphatic carbocycles. The van der Waals surface area contributed by atoms with Gasteiger partial charge in [-0.25, -0.2) is 0 Å². The second-order valence-electron chi connectivity index (χ2n) is 8.43. The quantitative estimate of drug-likeness (QED) is 0.541. The SMILES string of the molecule is CCC(CNC(C)=O)N1C(=O)C(CC(=O)O)C[C@H](c2cccc(Cl)c2)[C@H]1c1ccc(Cl)cc1. The van der Waals surface area contributed by atoms with Crippen molar-refractivity contribution < 1.29 is 19.5 Å². The normalized spacial score (nSPS) is 21.5. The number of aliphatic carboxylic acids is 1. The Balaban J connectivity index is 2.15. The van der Waals surface area contributed by atoms with Crippen LogP contribution in [0.25, 0.3) is 0 Å². The van der Waals surface area contributed by atoms with Crippen molar-refractivity contribution >= 4 is 41.0 Å². The van der Waals surface area contributed by atoms with Gasteiger partial charge >= 0.3 is 5.97 Å². The second kappa shape index (κ2) is 11.0. The molecule has 0 spiro atoms. The van der Waals surface area contributed by atoms with E-state index in [4.69, 9.17) is 23.2 Å². The Bertz CT molecular complexity index is 1010. The maximum Gasteiger partial charge on any atom is 0.304 e. The average Bonchev–Trinajstić information content (AvgIpc) is 2.76. The summed E-state index contributed by atoms with van der Waals surface area (Å²) in [6, 6.07) is 14.2. The highest BCUT2D eigenvalue weighted by atomic mass is 35.5. The van der Waals surface area contributed by atoms with Gasteiger partial charge in [-0.2, -0.15) is 0 Å². The number of hydrogen-bond acceptors (Lipinski definition) is 3. The van der Waals surface area contributed by atoms with Gasteiger partial charge in [-0.15, -0.1) is 0 Å².